The number of furan rings is 1. The van der Waals surface area contributed by atoms with Crippen LogP contribution in [0.25, 0.3) is 0 Å². The molecule has 0 aliphatic carbocycles. The predicted molar refractivity (Wildman–Crippen MR) is 140 cm³/mol. The van der Waals surface area contributed by atoms with E-state index in [9.17, 15) is 17.6 Å². The highest BCUT2D eigenvalue weighted by Gasteiger charge is 2.22. The van der Waals surface area contributed by atoms with Crippen molar-refractivity contribution in [2.24, 2.45) is 0 Å². The van der Waals surface area contributed by atoms with Gasteiger partial charge in [-0.15, -0.1) is 0 Å². The third-order valence-corrected chi connectivity index (χ3v) is 7.08. The molecular weight excluding hydrogens is 511 g/mol. The number of urea groups is 1. The molecule has 0 aliphatic rings. The molecule has 0 radical (unpaired) electrons. The molecule has 10 heteroatoms. The van der Waals surface area contributed by atoms with Gasteiger partial charge in [0.25, 0.3) is 0 Å². The second-order valence-electron chi connectivity index (χ2n) is 8.61. The lowest BCUT2D eigenvalue weighted by Crippen LogP contribution is -2.34. The summed E-state index contributed by atoms with van der Waals surface area (Å²) >= 11 is 0. The SMILES string of the molecule is COc1ccc(CN(Cc2ccco2)C(=O)Nc2c(C)cccc2C)cc1OS(=O)(=O)c1ccc(F)cc1. The minimum Gasteiger partial charge on any atom is -0.493 e. The zero-order valence-electron chi connectivity index (χ0n) is 21.1. The largest absolute Gasteiger partial charge is 0.493 e. The Morgan fingerprint density at radius 1 is 0.947 bits per heavy atom. The Morgan fingerprint density at radius 2 is 1.66 bits per heavy atom. The van der Waals surface area contributed by atoms with E-state index < -0.39 is 15.9 Å². The number of amides is 2. The van der Waals surface area contributed by atoms with Crippen LogP contribution in [0.2, 0.25) is 0 Å². The maximum Gasteiger partial charge on any atom is 0.339 e. The summed E-state index contributed by atoms with van der Waals surface area (Å²) in [6, 6.07) is 17.9. The number of aryl methyl sites for hydroxylation is 2. The van der Waals surface area contributed by atoms with Gasteiger partial charge in [-0.2, -0.15) is 8.42 Å². The Hall–Kier alpha value is -4.31. The molecule has 4 rings (SSSR count). The van der Waals surface area contributed by atoms with Gasteiger partial charge < -0.3 is 23.6 Å². The smallest absolute Gasteiger partial charge is 0.339 e. The number of nitrogens with zero attached hydrogens (tertiary/aromatic N) is 1. The number of rotatable bonds is 9. The number of hydrogen-bond donors (Lipinski definition) is 1. The molecule has 2 amide bonds. The number of methoxy groups -OCH3 is 1. The molecule has 0 saturated heterocycles. The average Bonchev–Trinajstić information content (AvgIpc) is 3.39. The fourth-order valence-electron chi connectivity index (χ4n) is 3.86. The molecule has 1 heterocycles. The highest BCUT2D eigenvalue weighted by Crippen LogP contribution is 2.32. The lowest BCUT2D eigenvalue weighted by molar-refractivity contribution is 0.201. The van der Waals surface area contributed by atoms with Crippen molar-refractivity contribution in [3.63, 3.8) is 0 Å². The second kappa shape index (κ2) is 11.4. The van der Waals surface area contributed by atoms with Gasteiger partial charge in [0, 0.05) is 12.2 Å². The molecule has 1 N–H and O–H groups in total. The maximum absolute atomic E-state index is 13.4. The van der Waals surface area contributed by atoms with Gasteiger partial charge in [-0.25, -0.2) is 9.18 Å². The van der Waals surface area contributed by atoms with Gasteiger partial charge in [-0.1, -0.05) is 24.3 Å². The van der Waals surface area contributed by atoms with Crippen molar-refractivity contribution in [3.05, 3.63) is 107 Å². The first-order valence-electron chi connectivity index (χ1n) is 11.7. The molecule has 38 heavy (non-hydrogen) atoms. The Kier molecular flexibility index (Phi) is 8.02. The van der Waals surface area contributed by atoms with Crippen molar-refractivity contribution >= 4 is 21.8 Å². The summed E-state index contributed by atoms with van der Waals surface area (Å²) < 4.78 is 55.0. The van der Waals surface area contributed by atoms with E-state index in [-0.39, 0.29) is 35.5 Å². The Morgan fingerprint density at radius 3 is 2.29 bits per heavy atom. The minimum absolute atomic E-state index is 0.0672. The quantitative estimate of drug-likeness (QED) is 0.261. The number of benzene rings is 3. The van der Waals surface area contributed by atoms with Gasteiger partial charge >= 0.3 is 16.1 Å². The van der Waals surface area contributed by atoms with Crippen LogP contribution >= 0.6 is 0 Å². The van der Waals surface area contributed by atoms with Crippen LogP contribution in [0.4, 0.5) is 14.9 Å². The molecule has 4 aromatic rings. The monoisotopic (exact) mass is 538 g/mol. The summed E-state index contributed by atoms with van der Waals surface area (Å²) in [6.07, 6.45) is 1.52. The van der Waals surface area contributed by atoms with E-state index in [4.69, 9.17) is 13.3 Å². The van der Waals surface area contributed by atoms with E-state index in [1.807, 2.05) is 32.0 Å². The summed E-state index contributed by atoms with van der Waals surface area (Å²) in [5.41, 5.74) is 3.13. The van der Waals surface area contributed by atoms with Gasteiger partial charge in [-0.05, 0) is 79.1 Å². The molecule has 1 aromatic heterocycles. The van der Waals surface area contributed by atoms with Gasteiger partial charge in [0.05, 0.1) is 19.9 Å². The van der Waals surface area contributed by atoms with Crippen molar-refractivity contribution in [1.29, 1.82) is 0 Å². The van der Waals surface area contributed by atoms with E-state index in [0.29, 0.717) is 17.0 Å². The van der Waals surface area contributed by atoms with E-state index in [1.54, 1.807) is 24.3 Å². The highest BCUT2D eigenvalue weighted by molar-refractivity contribution is 7.87. The van der Waals surface area contributed by atoms with E-state index in [2.05, 4.69) is 5.32 Å². The Labute approximate surface area is 220 Å². The molecule has 8 nitrogen and oxygen atoms in total. The Bertz CT molecular complexity index is 1500. The molecule has 0 atom stereocenters. The number of carbonyl (C=O) groups is 1. The van der Waals surface area contributed by atoms with Crippen LogP contribution in [-0.4, -0.2) is 26.5 Å². The fraction of sp³-hybridized carbons (Fsp3) is 0.179. The Balaban J connectivity index is 1.62. The van der Waals surface area contributed by atoms with Crippen molar-refractivity contribution in [3.8, 4) is 11.5 Å². The van der Waals surface area contributed by atoms with Crippen LogP contribution in [0.1, 0.15) is 22.5 Å². The summed E-state index contributed by atoms with van der Waals surface area (Å²) in [6.45, 7) is 4.09. The van der Waals surface area contributed by atoms with Crippen LogP contribution in [0.15, 0.2) is 88.4 Å². The number of carbonyl (C=O) groups excluding carboxylic acids is 1. The number of ether oxygens (including phenoxy) is 1. The van der Waals surface area contributed by atoms with Crippen LogP contribution in [0.5, 0.6) is 11.5 Å². The van der Waals surface area contributed by atoms with Crippen molar-refractivity contribution in [1.82, 2.24) is 4.90 Å². The summed E-state index contributed by atoms with van der Waals surface area (Å²) in [5.74, 6) is 0.115. The molecule has 0 bridgehead atoms. The van der Waals surface area contributed by atoms with Gasteiger partial charge in [0.15, 0.2) is 11.5 Å². The van der Waals surface area contributed by atoms with Crippen LogP contribution in [0, 0.1) is 19.7 Å². The molecule has 0 unspecified atom stereocenters. The zero-order chi connectivity index (χ0) is 27.3. The molecule has 0 spiro atoms. The first kappa shape index (κ1) is 26.7. The summed E-state index contributed by atoms with van der Waals surface area (Å²) in [5, 5.41) is 2.98. The topological polar surface area (TPSA) is 98.1 Å². The average molecular weight is 539 g/mol. The fourth-order valence-corrected chi connectivity index (χ4v) is 4.79. The van der Waals surface area contributed by atoms with E-state index >= 15 is 0 Å². The van der Waals surface area contributed by atoms with Crippen molar-refractivity contribution in [2.75, 3.05) is 12.4 Å². The molecule has 198 valence electrons. The van der Waals surface area contributed by atoms with Crippen molar-refractivity contribution < 1.29 is 30.9 Å². The number of para-hydroxylation sites is 1. The molecule has 0 aliphatic heterocycles. The normalized spacial score (nSPS) is 11.2. The molecule has 3 aromatic carbocycles. The highest BCUT2D eigenvalue weighted by atomic mass is 32.2. The maximum atomic E-state index is 13.4. The van der Waals surface area contributed by atoms with E-state index in [0.717, 1.165) is 35.4 Å². The summed E-state index contributed by atoms with van der Waals surface area (Å²) in [7, 11) is -2.89. The minimum atomic E-state index is -4.27. The van der Waals surface area contributed by atoms with Gasteiger partial charge in [0.1, 0.15) is 16.5 Å². The van der Waals surface area contributed by atoms with Crippen LogP contribution in [0.3, 0.4) is 0 Å². The molecule has 0 saturated carbocycles. The molecule has 0 fully saturated rings. The third kappa shape index (κ3) is 6.33. The standard InChI is InChI=1S/C28H27FN2O6S/c1-19-6-4-7-20(2)27(19)30-28(32)31(18-23-8-5-15-36-23)17-21-9-14-25(35-3)26(16-21)37-38(33,34)24-12-10-22(29)11-13-24/h4-16H,17-18H2,1-3H3,(H,30,32). The lowest BCUT2D eigenvalue weighted by atomic mass is 10.1. The number of halogens is 1. The number of nitrogens with one attached hydrogen (secondary N) is 1. The lowest BCUT2D eigenvalue weighted by Gasteiger charge is -2.24. The van der Waals surface area contributed by atoms with Crippen molar-refractivity contribution in [2.45, 2.75) is 31.8 Å². The van der Waals surface area contributed by atoms with Gasteiger partial charge in [-0.3, -0.25) is 0 Å². The number of anilines is 1. The van der Waals surface area contributed by atoms with Crippen LogP contribution in [-0.2, 0) is 23.2 Å². The predicted octanol–water partition coefficient (Wildman–Crippen LogP) is 6.05. The molecular formula is C28H27FN2O6S. The van der Waals surface area contributed by atoms with E-state index in [1.165, 1.54) is 24.3 Å². The second-order valence-corrected chi connectivity index (χ2v) is 10.2. The first-order valence-corrected chi connectivity index (χ1v) is 13.1. The third-order valence-electron chi connectivity index (χ3n) is 5.83. The first-order chi connectivity index (χ1) is 18.2. The number of hydrogen-bond acceptors (Lipinski definition) is 6. The zero-order valence-corrected chi connectivity index (χ0v) is 21.9. The van der Waals surface area contributed by atoms with Crippen LogP contribution < -0.4 is 14.2 Å². The summed E-state index contributed by atoms with van der Waals surface area (Å²) in [4.78, 5) is 14.7. The van der Waals surface area contributed by atoms with Gasteiger partial charge in [0.2, 0.25) is 0 Å².